The van der Waals surface area contributed by atoms with Crippen LogP contribution in [0.3, 0.4) is 0 Å². The molecule has 0 bridgehead atoms. The molecule has 5 nitrogen and oxygen atoms in total. The fourth-order valence-electron chi connectivity index (χ4n) is 2.34. The number of hydrogen-bond donors (Lipinski definition) is 2. The number of benzene rings is 2. The summed E-state index contributed by atoms with van der Waals surface area (Å²) in [7, 11) is 1.52. The Morgan fingerprint density at radius 3 is 2.40 bits per heavy atom. The summed E-state index contributed by atoms with van der Waals surface area (Å²) in [6.07, 6.45) is 0.900. The van der Waals surface area contributed by atoms with Crippen molar-refractivity contribution in [1.82, 2.24) is 5.32 Å². The lowest BCUT2D eigenvalue weighted by Crippen LogP contribution is -2.30. The molecular formula is C20H24N2O3. The Morgan fingerprint density at radius 1 is 1.04 bits per heavy atom. The van der Waals surface area contributed by atoms with Crippen molar-refractivity contribution in [3.05, 3.63) is 59.7 Å². The van der Waals surface area contributed by atoms with Gasteiger partial charge in [-0.2, -0.15) is 0 Å². The van der Waals surface area contributed by atoms with Crippen LogP contribution in [0.2, 0.25) is 0 Å². The molecule has 0 saturated heterocycles. The Labute approximate surface area is 148 Å². The van der Waals surface area contributed by atoms with E-state index in [4.69, 9.17) is 4.74 Å². The van der Waals surface area contributed by atoms with Crippen LogP contribution in [0, 0.1) is 5.92 Å². The Hall–Kier alpha value is -2.82. The molecule has 2 aromatic rings. The molecule has 0 aliphatic rings. The van der Waals surface area contributed by atoms with E-state index in [1.165, 1.54) is 7.11 Å². The molecule has 132 valence electrons. The van der Waals surface area contributed by atoms with Crippen LogP contribution >= 0.6 is 0 Å². The van der Waals surface area contributed by atoms with E-state index in [9.17, 15) is 9.59 Å². The van der Waals surface area contributed by atoms with Gasteiger partial charge in [0, 0.05) is 17.7 Å². The van der Waals surface area contributed by atoms with Gasteiger partial charge in [-0.15, -0.1) is 0 Å². The van der Waals surface area contributed by atoms with Gasteiger partial charge < -0.3 is 15.4 Å². The highest BCUT2D eigenvalue weighted by Gasteiger charge is 2.13. The maximum absolute atomic E-state index is 12.6. The number of carbonyl (C=O) groups is 2. The first kappa shape index (κ1) is 18.5. The second-order valence-electron chi connectivity index (χ2n) is 6.17. The average Bonchev–Trinajstić information content (AvgIpc) is 2.61. The summed E-state index contributed by atoms with van der Waals surface area (Å²) in [5, 5.41) is 5.56. The predicted molar refractivity (Wildman–Crippen MR) is 99.3 cm³/mol. The molecule has 2 N–H and O–H groups in total. The third-order valence-electron chi connectivity index (χ3n) is 3.75. The van der Waals surface area contributed by atoms with E-state index in [1.807, 2.05) is 18.2 Å². The summed E-state index contributed by atoms with van der Waals surface area (Å²) in [4.78, 5) is 24.6. The number of carbonyl (C=O) groups excluding carboxylic acids is 2. The third kappa shape index (κ3) is 5.35. The first-order chi connectivity index (χ1) is 12.0. The van der Waals surface area contributed by atoms with Crippen LogP contribution in [-0.2, 0) is 0 Å². The highest BCUT2D eigenvalue weighted by molar-refractivity contribution is 6.10. The molecule has 0 aliphatic carbocycles. The molecule has 0 fully saturated rings. The van der Waals surface area contributed by atoms with Crippen molar-refractivity contribution in [3.63, 3.8) is 0 Å². The molecule has 5 heteroatoms. The Balaban J connectivity index is 2.14. The Bertz CT molecular complexity index is 727. The molecular weight excluding hydrogens is 316 g/mol. The van der Waals surface area contributed by atoms with Crippen LogP contribution in [0.25, 0.3) is 0 Å². The number of anilines is 1. The molecule has 2 rings (SSSR count). The number of hydrogen-bond acceptors (Lipinski definition) is 3. The van der Waals surface area contributed by atoms with E-state index in [1.54, 1.807) is 30.3 Å². The number of ether oxygens (including phenoxy) is 1. The molecule has 0 aromatic heterocycles. The van der Waals surface area contributed by atoms with Crippen molar-refractivity contribution in [2.45, 2.75) is 20.3 Å². The molecule has 0 atom stereocenters. The summed E-state index contributed by atoms with van der Waals surface area (Å²) in [5.74, 6) is 0.914. The number of rotatable bonds is 7. The number of ketones is 1. The lowest BCUT2D eigenvalue weighted by molar-refractivity contribution is 0.103. The largest absolute Gasteiger partial charge is 0.495 e. The number of urea groups is 1. The smallest absolute Gasteiger partial charge is 0.319 e. The maximum Gasteiger partial charge on any atom is 0.319 e. The standard InChI is InChI=1S/C20H24N2O3/c1-14(2)11-12-21-20(24)22-17-13-16(9-10-18(17)25-3)19(23)15-7-5-4-6-8-15/h4-10,13-14H,11-12H2,1-3H3,(H2,21,22,24). The van der Waals surface area contributed by atoms with Crippen LogP contribution in [0.5, 0.6) is 5.75 Å². The number of methoxy groups -OCH3 is 1. The van der Waals surface area contributed by atoms with Gasteiger partial charge in [0.2, 0.25) is 0 Å². The van der Waals surface area contributed by atoms with Crippen molar-refractivity contribution >= 4 is 17.5 Å². The Kier molecular flexibility index (Phi) is 6.57. The molecule has 25 heavy (non-hydrogen) atoms. The van der Waals surface area contributed by atoms with Gasteiger partial charge in [-0.3, -0.25) is 4.79 Å². The van der Waals surface area contributed by atoms with Gasteiger partial charge in [-0.1, -0.05) is 44.2 Å². The second-order valence-corrected chi connectivity index (χ2v) is 6.17. The fourth-order valence-corrected chi connectivity index (χ4v) is 2.34. The van der Waals surface area contributed by atoms with E-state index < -0.39 is 0 Å². The first-order valence-corrected chi connectivity index (χ1v) is 8.34. The summed E-state index contributed by atoms with van der Waals surface area (Å²) < 4.78 is 5.28. The monoisotopic (exact) mass is 340 g/mol. The van der Waals surface area contributed by atoms with E-state index >= 15 is 0 Å². The highest BCUT2D eigenvalue weighted by atomic mass is 16.5. The van der Waals surface area contributed by atoms with Crippen LogP contribution in [0.4, 0.5) is 10.5 Å². The van der Waals surface area contributed by atoms with E-state index in [2.05, 4.69) is 24.5 Å². The first-order valence-electron chi connectivity index (χ1n) is 8.34. The molecule has 0 heterocycles. The lowest BCUT2D eigenvalue weighted by Gasteiger charge is -2.13. The zero-order valence-electron chi connectivity index (χ0n) is 14.8. The minimum Gasteiger partial charge on any atom is -0.495 e. The van der Waals surface area contributed by atoms with Crippen LogP contribution < -0.4 is 15.4 Å². The van der Waals surface area contributed by atoms with Crippen molar-refractivity contribution in [2.24, 2.45) is 5.92 Å². The predicted octanol–water partition coefficient (Wildman–Crippen LogP) is 4.09. The van der Waals surface area contributed by atoms with Gasteiger partial charge >= 0.3 is 6.03 Å². The summed E-state index contributed by atoms with van der Waals surface area (Å²) in [5.41, 5.74) is 1.55. The average molecular weight is 340 g/mol. The minimum absolute atomic E-state index is 0.105. The second kappa shape index (κ2) is 8.87. The van der Waals surface area contributed by atoms with Crippen LogP contribution in [0.1, 0.15) is 36.2 Å². The van der Waals surface area contributed by atoms with E-state index in [0.717, 1.165) is 6.42 Å². The van der Waals surface area contributed by atoms with Crippen molar-refractivity contribution in [2.75, 3.05) is 19.0 Å². The lowest BCUT2D eigenvalue weighted by atomic mass is 10.0. The van der Waals surface area contributed by atoms with Crippen LogP contribution in [0.15, 0.2) is 48.5 Å². The van der Waals surface area contributed by atoms with Crippen molar-refractivity contribution in [1.29, 1.82) is 0 Å². The van der Waals surface area contributed by atoms with Gasteiger partial charge in [0.25, 0.3) is 0 Å². The van der Waals surface area contributed by atoms with Crippen molar-refractivity contribution in [3.8, 4) is 5.75 Å². The van der Waals surface area contributed by atoms with Gasteiger partial charge in [-0.25, -0.2) is 4.79 Å². The number of amides is 2. The summed E-state index contributed by atoms with van der Waals surface area (Å²) in [6, 6.07) is 13.7. The molecule has 2 aromatic carbocycles. The van der Waals surface area contributed by atoms with Gasteiger partial charge in [0.1, 0.15) is 5.75 Å². The zero-order valence-corrected chi connectivity index (χ0v) is 14.8. The highest BCUT2D eigenvalue weighted by Crippen LogP contribution is 2.26. The quantitative estimate of drug-likeness (QED) is 0.746. The maximum atomic E-state index is 12.6. The summed E-state index contributed by atoms with van der Waals surface area (Å²) in [6.45, 7) is 4.79. The molecule has 0 aliphatic heterocycles. The zero-order chi connectivity index (χ0) is 18.2. The normalized spacial score (nSPS) is 10.4. The van der Waals surface area contributed by atoms with E-state index in [0.29, 0.717) is 35.0 Å². The SMILES string of the molecule is COc1ccc(C(=O)c2ccccc2)cc1NC(=O)NCCC(C)C. The van der Waals surface area contributed by atoms with Gasteiger partial charge in [-0.05, 0) is 30.5 Å². The van der Waals surface area contributed by atoms with Crippen molar-refractivity contribution < 1.29 is 14.3 Å². The third-order valence-corrected chi connectivity index (χ3v) is 3.75. The Morgan fingerprint density at radius 2 is 1.76 bits per heavy atom. The molecule has 0 unspecified atom stereocenters. The molecule has 0 saturated carbocycles. The topological polar surface area (TPSA) is 67.4 Å². The minimum atomic E-state index is -0.316. The van der Waals surface area contributed by atoms with Gasteiger partial charge in [0.05, 0.1) is 12.8 Å². The number of nitrogens with one attached hydrogen (secondary N) is 2. The molecule has 0 spiro atoms. The fraction of sp³-hybridized carbons (Fsp3) is 0.300. The van der Waals surface area contributed by atoms with E-state index in [-0.39, 0.29) is 11.8 Å². The summed E-state index contributed by atoms with van der Waals surface area (Å²) >= 11 is 0. The molecule has 0 radical (unpaired) electrons. The van der Waals surface area contributed by atoms with Gasteiger partial charge in [0.15, 0.2) is 5.78 Å². The molecule has 2 amide bonds. The van der Waals surface area contributed by atoms with Crippen LogP contribution in [-0.4, -0.2) is 25.5 Å².